The lowest BCUT2D eigenvalue weighted by Crippen LogP contribution is -2.37. The molecule has 0 radical (unpaired) electrons. The number of amides is 1. The fraction of sp³-hybridized carbons (Fsp3) is 0.533. The van der Waals surface area contributed by atoms with Gasteiger partial charge in [0.1, 0.15) is 0 Å². The van der Waals surface area contributed by atoms with E-state index in [1.165, 1.54) is 5.56 Å². The van der Waals surface area contributed by atoms with Crippen LogP contribution in [0.5, 0.6) is 0 Å². The van der Waals surface area contributed by atoms with Gasteiger partial charge in [-0.05, 0) is 18.5 Å². The van der Waals surface area contributed by atoms with Crippen molar-refractivity contribution in [2.24, 2.45) is 5.92 Å². The van der Waals surface area contributed by atoms with Gasteiger partial charge in [-0.15, -0.1) is 0 Å². The summed E-state index contributed by atoms with van der Waals surface area (Å²) in [6, 6.07) is 10.2. The molecule has 2 N–H and O–H groups in total. The molecule has 1 aromatic carbocycles. The first-order valence-electron chi connectivity index (χ1n) is 6.75. The highest BCUT2D eigenvalue weighted by molar-refractivity contribution is 5.79. The first-order chi connectivity index (χ1) is 8.69. The van der Waals surface area contributed by atoms with Crippen LogP contribution in [-0.4, -0.2) is 19.0 Å². The first-order valence-corrected chi connectivity index (χ1v) is 6.75. The summed E-state index contributed by atoms with van der Waals surface area (Å²) in [5.41, 5.74) is 1.17. The van der Waals surface area contributed by atoms with E-state index < -0.39 is 0 Å². The van der Waals surface area contributed by atoms with Crippen molar-refractivity contribution in [2.75, 3.05) is 13.1 Å². The first kappa shape index (κ1) is 14.7. The fourth-order valence-corrected chi connectivity index (χ4v) is 1.87. The molecule has 0 bridgehead atoms. The second kappa shape index (κ2) is 7.88. The molecule has 0 aliphatic heterocycles. The van der Waals surface area contributed by atoms with Crippen LogP contribution in [0.15, 0.2) is 30.3 Å². The van der Waals surface area contributed by atoms with Crippen LogP contribution in [0.4, 0.5) is 0 Å². The Labute approximate surface area is 110 Å². The number of benzene rings is 1. The molecule has 1 aromatic rings. The minimum Gasteiger partial charge on any atom is -0.349 e. The Morgan fingerprint density at radius 1 is 1.22 bits per heavy atom. The average molecular weight is 248 g/mol. The van der Waals surface area contributed by atoms with Gasteiger partial charge in [0.25, 0.3) is 0 Å². The third-order valence-electron chi connectivity index (χ3n) is 3.07. The smallest absolute Gasteiger partial charge is 0.224 e. The van der Waals surface area contributed by atoms with Crippen molar-refractivity contribution in [2.45, 2.75) is 33.2 Å². The molecule has 1 amide bonds. The molecular formula is C15H24N2O. The van der Waals surface area contributed by atoms with Gasteiger partial charge < -0.3 is 10.6 Å². The topological polar surface area (TPSA) is 41.1 Å². The van der Waals surface area contributed by atoms with Gasteiger partial charge in [0.2, 0.25) is 5.91 Å². The molecular weight excluding hydrogens is 224 g/mol. The van der Waals surface area contributed by atoms with E-state index in [2.05, 4.69) is 29.7 Å². The van der Waals surface area contributed by atoms with E-state index in [1.54, 1.807) is 0 Å². The summed E-state index contributed by atoms with van der Waals surface area (Å²) in [5.74, 6) is 0.120. The van der Waals surface area contributed by atoms with Crippen LogP contribution in [0.3, 0.4) is 0 Å². The van der Waals surface area contributed by atoms with Gasteiger partial charge in [-0.1, -0.05) is 51.1 Å². The Hall–Kier alpha value is -1.35. The summed E-state index contributed by atoms with van der Waals surface area (Å²) in [6.45, 7) is 7.72. The maximum absolute atomic E-state index is 12.0. The van der Waals surface area contributed by atoms with Gasteiger partial charge in [-0.25, -0.2) is 0 Å². The molecule has 3 nitrogen and oxygen atoms in total. The summed E-state index contributed by atoms with van der Waals surface area (Å²) in [6.07, 6.45) is 0.906. The standard InChI is InChI=1S/C15H24N2O/c1-4-14(13-9-7-6-8-10-13)17-15(18)12(3)11-16-5-2/h6-10,12,14,16H,4-5,11H2,1-3H3,(H,17,18). The highest BCUT2D eigenvalue weighted by Gasteiger charge is 2.17. The third-order valence-corrected chi connectivity index (χ3v) is 3.07. The number of carbonyl (C=O) groups is 1. The van der Waals surface area contributed by atoms with E-state index in [4.69, 9.17) is 0 Å². The average Bonchev–Trinajstić information content (AvgIpc) is 2.42. The number of carbonyl (C=O) groups excluding carboxylic acids is 1. The number of rotatable bonds is 7. The molecule has 2 unspecified atom stereocenters. The minimum absolute atomic E-state index is 0.00251. The highest BCUT2D eigenvalue weighted by atomic mass is 16.1. The predicted octanol–water partition coefficient (Wildman–Crippen LogP) is 2.50. The van der Waals surface area contributed by atoms with E-state index in [0.29, 0.717) is 0 Å². The second-order valence-corrected chi connectivity index (χ2v) is 4.59. The van der Waals surface area contributed by atoms with Crippen molar-refractivity contribution in [1.29, 1.82) is 0 Å². The van der Waals surface area contributed by atoms with Crippen molar-refractivity contribution >= 4 is 5.91 Å². The van der Waals surface area contributed by atoms with E-state index >= 15 is 0 Å². The fourth-order valence-electron chi connectivity index (χ4n) is 1.87. The van der Waals surface area contributed by atoms with Crippen molar-refractivity contribution < 1.29 is 4.79 Å². The third kappa shape index (κ3) is 4.49. The maximum Gasteiger partial charge on any atom is 0.224 e. The molecule has 1 rings (SSSR count). The number of nitrogens with one attached hydrogen (secondary N) is 2. The van der Waals surface area contributed by atoms with Gasteiger partial charge in [-0.2, -0.15) is 0 Å². The predicted molar refractivity (Wildman–Crippen MR) is 75.3 cm³/mol. The molecule has 0 aromatic heterocycles. The zero-order valence-corrected chi connectivity index (χ0v) is 11.6. The van der Waals surface area contributed by atoms with Crippen LogP contribution < -0.4 is 10.6 Å². The Balaban J connectivity index is 2.56. The lowest BCUT2D eigenvalue weighted by atomic mass is 10.0. The van der Waals surface area contributed by atoms with Crippen LogP contribution >= 0.6 is 0 Å². The zero-order valence-electron chi connectivity index (χ0n) is 11.6. The van der Waals surface area contributed by atoms with Crippen LogP contribution in [-0.2, 0) is 4.79 Å². The maximum atomic E-state index is 12.0. The molecule has 2 atom stereocenters. The lowest BCUT2D eigenvalue weighted by Gasteiger charge is -2.20. The molecule has 3 heteroatoms. The van der Waals surface area contributed by atoms with Gasteiger partial charge in [0.15, 0.2) is 0 Å². The lowest BCUT2D eigenvalue weighted by molar-refractivity contribution is -0.125. The van der Waals surface area contributed by atoms with Gasteiger partial charge in [0, 0.05) is 12.5 Å². The zero-order chi connectivity index (χ0) is 13.4. The van der Waals surface area contributed by atoms with Crippen LogP contribution in [0, 0.1) is 5.92 Å². The van der Waals surface area contributed by atoms with Gasteiger partial charge in [-0.3, -0.25) is 4.79 Å². The molecule has 0 spiro atoms. The Bertz CT molecular complexity index is 351. The van der Waals surface area contributed by atoms with Gasteiger partial charge >= 0.3 is 0 Å². The van der Waals surface area contributed by atoms with Crippen molar-refractivity contribution in [1.82, 2.24) is 10.6 Å². The minimum atomic E-state index is 0.00251. The molecule has 0 saturated heterocycles. The summed E-state index contributed by atoms with van der Waals surface area (Å²) >= 11 is 0. The largest absolute Gasteiger partial charge is 0.349 e. The monoisotopic (exact) mass is 248 g/mol. The highest BCUT2D eigenvalue weighted by Crippen LogP contribution is 2.16. The molecule has 100 valence electrons. The molecule has 18 heavy (non-hydrogen) atoms. The summed E-state index contributed by atoms with van der Waals surface area (Å²) < 4.78 is 0. The van der Waals surface area contributed by atoms with E-state index in [1.807, 2.05) is 32.0 Å². The van der Waals surface area contributed by atoms with Crippen molar-refractivity contribution in [3.8, 4) is 0 Å². The van der Waals surface area contributed by atoms with Crippen LogP contribution in [0.25, 0.3) is 0 Å². The molecule has 0 aliphatic carbocycles. The van der Waals surface area contributed by atoms with Crippen molar-refractivity contribution in [3.63, 3.8) is 0 Å². The normalized spacial score (nSPS) is 13.9. The molecule has 0 heterocycles. The Kier molecular flexibility index (Phi) is 6.44. The van der Waals surface area contributed by atoms with E-state index in [-0.39, 0.29) is 17.9 Å². The SMILES string of the molecule is CCNCC(C)C(=O)NC(CC)c1ccccc1. The Morgan fingerprint density at radius 3 is 2.44 bits per heavy atom. The molecule has 0 saturated carbocycles. The van der Waals surface area contributed by atoms with E-state index in [0.717, 1.165) is 19.5 Å². The van der Waals surface area contributed by atoms with Crippen LogP contribution in [0.2, 0.25) is 0 Å². The summed E-state index contributed by atoms with van der Waals surface area (Å²) in [7, 11) is 0. The number of hydrogen-bond donors (Lipinski definition) is 2. The quantitative estimate of drug-likeness (QED) is 0.778. The van der Waals surface area contributed by atoms with E-state index in [9.17, 15) is 4.79 Å². The van der Waals surface area contributed by atoms with Crippen molar-refractivity contribution in [3.05, 3.63) is 35.9 Å². The summed E-state index contributed by atoms with van der Waals surface area (Å²) in [5, 5.41) is 6.31. The Morgan fingerprint density at radius 2 is 1.89 bits per heavy atom. The van der Waals surface area contributed by atoms with Crippen LogP contribution in [0.1, 0.15) is 38.8 Å². The second-order valence-electron chi connectivity index (χ2n) is 4.59. The number of hydrogen-bond acceptors (Lipinski definition) is 2. The molecule has 0 fully saturated rings. The van der Waals surface area contributed by atoms with Gasteiger partial charge in [0.05, 0.1) is 6.04 Å². The molecule has 0 aliphatic rings. The summed E-state index contributed by atoms with van der Waals surface area (Å²) in [4.78, 5) is 12.0.